The van der Waals surface area contributed by atoms with Crippen LogP contribution in [-0.2, 0) is 0 Å². The maximum Gasteiger partial charge on any atom is 0.162 e. The molecule has 2 N–H and O–H groups in total. The molecule has 0 bridgehead atoms. The third-order valence-electron chi connectivity index (χ3n) is 4.28. The Morgan fingerprint density at radius 3 is 2.95 bits per heavy atom. The van der Waals surface area contributed by atoms with Gasteiger partial charge in [0, 0.05) is 36.6 Å². The van der Waals surface area contributed by atoms with Gasteiger partial charge in [-0.15, -0.1) is 0 Å². The van der Waals surface area contributed by atoms with Crippen LogP contribution in [0.5, 0.6) is 11.5 Å². The molecule has 0 saturated carbocycles. The summed E-state index contributed by atoms with van der Waals surface area (Å²) in [6.07, 6.45) is 4.72. The molecular weight excluding hydrogens is 282 g/mol. The third-order valence-corrected chi connectivity index (χ3v) is 4.28. The molecule has 0 aliphatic carbocycles. The molecule has 3 heterocycles. The number of benzene rings is 1. The van der Waals surface area contributed by atoms with Crippen molar-refractivity contribution in [1.82, 2.24) is 14.9 Å². The molecule has 2 aliphatic heterocycles. The highest BCUT2D eigenvalue weighted by Gasteiger charge is 2.26. The second-order valence-electron chi connectivity index (χ2n) is 5.69. The van der Waals surface area contributed by atoms with E-state index in [-0.39, 0.29) is 12.6 Å². The fourth-order valence-electron chi connectivity index (χ4n) is 3.16. The fraction of sp³-hybridized carbons (Fsp3) is 0.438. The minimum atomic E-state index is 0.167. The Labute approximate surface area is 128 Å². The highest BCUT2D eigenvalue weighted by atomic mass is 16.6. The number of aliphatic hydroxyl groups is 1. The molecule has 0 unspecified atom stereocenters. The van der Waals surface area contributed by atoms with Gasteiger partial charge < -0.3 is 24.5 Å². The Bertz CT molecular complexity index is 670. The minimum Gasteiger partial charge on any atom is -0.486 e. The van der Waals surface area contributed by atoms with Gasteiger partial charge in [0.1, 0.15) is 19.0 Å². The second-order valence-corrected chi connectivity index (χ2v) is 5.69. The standard InChI is InChI=1S/C16H19N3O3/c20-10-12-8-13(9-18-12)19-4-3-17-16(19)11-1-2-14-15(7-11)22-6-5-21-14/h1-4,7,12-13,18,20H,5-6,8-10H2/t12-,13+/m0/s1. The van der Waals surface area contributed by atoms with Gasteiger partial charge in [0.25, 0.3) is 0 Å². The summed E-state index contributed by atoms with van der Waals surface area (Å²) in [5, 5.41) is 12.6. The number of nitrogens with zero attached hydrogens (tertiary/aromatic N) is 2. The zero-order chi connectivity index (χ0) is 14.9. The third kappa shape index (κ3) is 2.34. The summed E-state index contributed by atoms with van der Waals surface area (Å²) in [5.41, 5.74) is 1.02. The average molecular weight is 301 g/mol. The van der Waals surface area contributed by atoms with Crippen LogP contribution in [0, 0.1) is 0 Å². The number of nitrogens with one attached hydrogen (secondary N) is 1. The van der Waals surface area contributed by atoms with Crippen LogP contribution < -0.4 is 14.8 Å². The maximum absolute atomic E-state index is 9.28. The summed E-state index contributed by atoms with van der Waals surface area (Å²) < 4.78 is 13.4. The second kappa shape index (κ2) is 5.62. The summed E-state index contributed by atoms with van der Waals surface area (Å²) in [6.45, 7) is 2.19. The predicted molar refractivity (Wildman–Crippen MR) is 81.2 cm³/mol. The van der Waals surface area contributed by atoms with E-state index in [2.05, 4.69) is 14.9 Å². The summed E-state index contributed by atoms with van der Waals surface area (Å²) in [7, 11) is 0. The molecule has 1 saturated heterocycles. The predicted octanol–water partition coefficient (Wildman–Crippen LogP) is 1.22. The molecule has 2 aliphatic rings. The van der Waals surface area contributed by atoms with Crippen molar-refractivity contribution in [3.63, 3.8) is 0 Å². The number of rotatable bonds is 3. The molecule has 2 atom stereocenters. The number of ether oxygens (including phenoxy) is 2. The molecule has 0 amide bonds. The van der Waals surface area contributed by atoms with E-state index in [4.69, 9.17) is 9.47 Å². The monoisotopic (exact) mass is 301 g/mol. The lowest BCUT2D eigenvalue weighted by Gasteiger charge is -2.20. The van der Waals surface area contributed by atoms with Crippen molar-refractivity contribution in [3.8, 4) is 22.9 Å². The summed E-state index contributed by atoms with van der Waals surface area (Å²) >= 11 is 0. The van der Waals surface area contributed by atoms with Crippen molar-refractivity contribution in [3.05, 3.63) is 30.6 Å². The van der Waals surface area contributed by atoms with Crippen LogP contribution >= 0.6 is 0 Å². The van der Waals surface area contributed by atoms with Gasteiger partial charge in [0.2, 0.25) is 0 Å². The molecule has 116 valence electrons. The van der Waals surface area contributed by atoms with E-state index in [1.807, 2.05) is 30.6 Å². The number of imidazole rings is 1. The molecule has 2 aromatic rings. The van der Waals surface area contributed by atoms with Gasteiger partial charge >= 0.3 is 0 Å². The average Bonchev–Trinajstić information content (AvgIpc) is 3.23. The van der Waals surface area contributed by atoms with Gasteiger partial charge in [-0.05, 0) is 24.6 Å². The smallest absolute Gasteiger partial charge is 0.162 e. The zero-order valence-electron chi connectivity index (χ0n) is 12.2. The first-order valence-electron chi connectivity index (χ1n) is 7.62. The SMILES string of the molecule is OC[C@@H]1C[C@@H](n2ccnc2-c2ccc3c(c2)OCCO3)CN1. The Hall–Kier alpha value is -2.05. The summed E-state index contributed by atoms with van der Waals surface area (Å²) in [6, 6.07) is 6.41. The van der Waals surface area contributed by atoms with Gasteiger partial charge in [0.05, 0.1) is 6.61 Å². The number of fused-ring (bicyclic) bond motifs is 1. The molecule has 1 aromatic heterocycles. The Morgan fingerprint density at radius 1 is 1.27 bits per heavy atom. The maximum atomic E-state index is 9.28. The van der Waals surface area contributed by atoms with Crippen LogP contribution in [0.15, 0.2) is 30.6 Å². The molecule has 1 aromatic carbocycles. The van der Waals surface area contributed by atoms with Gasteiger partial charge in [-0.3, -0.25) is 0 Å². The van der Waals surface area contributed by atoms with Crippen LogP contribution in [-0.4, -0.2) is 47.1 Å². The molecule has 0 spiro atoms. The van der Waals surface area contributed by atoms with E-state index in [9.17, 15) is 5.11 Å². The number of hydrogen-bond acceptors (Lipinski definition) is 5. The molecule has 22 heavy (non-hydrogen) atoms. The summed E-state index contributed by atoms with van der Waals surface area (Å²) in [4.78, 5) is 4.51. The van der Waals surface area contributed by atoms with Gasteiger partial charge in [-0.1, -0.05) is 0 Å². The lowest BCUT2D eigenvalue weighted by atomic mass is 10.1. The first kappa shape index (κ1) is 13.6. The van der Waals surface area contributed by atoms with E-state index in [1.165, 1.54) is 0 Å². The van der Waals surface area contributed by atoms with Crippen LogP contribution in [0.1, 0.15) is 12.5 Å². The summed E-state index contributed by atoms with van der Waals surface area (Å²) in [5.74, 6) is 2.48. The highest BCUT2D eigenvalue weighted by Crippen LogP contribution is 2.35. The van der Waals surface area contributed by atoms with Crippen molar-refractivity contribution in [2.24, 2.45) is 0 Å². The van der Waals surface area contributed by atoms with Crippen molar-refractivity contribution >= 4 is 0 Å². The zero-order valence-corrected chi connectivity index (χ0v) is 12.2. The fourth-order valence-corrected chi connectivity index (χ4v) is 3.16. The molecule has 6 nitrogen and oxygen atoms in total. The largest absolute Gasteiger partial charge is 0.486 e. The number of aliphatic hydroxyl groups excluding tert-OH is 1. The normalized spacial score (nSPS) is 23.7. The van der Waals surface area contributed by atoms with Gasteiger partial charge in [-0.2, -0.15) is 0 Å². The van der Waals surface area contributed by atoms with Crippen molar-refractivity contribution in [2.75, 3.05) is 26.4 Å². The molecule has 6 heteroatoms. The first-order chi connectivity index (χ1) is 10.8. The number of hydrogen-bond donors (Lipinski definition) is 2. The van der Waals surface area contributed by atoms with E-state index in [1.54, 1.807) is 0 Å². The van der Waals surface area contributed by atoms with Crippen LogP contribution in [0.2, 0.25) is 0 Å². The molecule has 0 radical (unpaired) electrons. The van der Waals surface area contributed by atoms with Crippen molar-refractivity contribution < 1.29 is 14.6 Å². The van der Waals surface area contributed by atoms with Gasteiger partial charge in [0.15, 0.2) is 11.5 Å². The Kier molecular flexibility index (Phi) is 3.48. The topological polar surface area (TPSA) is 68.5 Å². The van der Waals surface area contributed by atoms with Gasteiger partial charge in [-0.25, -0.2) is 4.98 Å². The molecular formula is C16H19N3O3. The number of aromatic nitrogens is 2. The minimum absolute atomic E-state index is 0.167. The van der Waals surface area contributed by atoms with Crippen LogP contribution in [0.25, 0.3) is 11.4 Å². The Balaban J connectivity index is 1.65. The van der Waals surface area contributed by atoms with E-state index >= 15 is 0 Å². The van der Waals surface area contributed by atoms with Crippen LogP contribution in [0.3, 0.4) is 0 Å². The Morgan fingerprint density at radius 2 is 2.14 bits per heavy atom. The van der Waals surface area contributed by atoms with E-state index < -0.39 is 0 Å². The van der Waals surface area contributed by atoms with Crippen molar-refractivity contribution in [2.45, 2.75) is 18.5 Å². The van der Waals surface area contributed by atoms with E-state index in [0.717, 1.165) is 35.9 Å². The van der Waals surface area contributed by atoms with Crippen LogP contribution in [0.4, 0.5) is 0 Å². The molecule has 1 fully saturated rings. The quantitative estimate of drug-likeness (QED) is 0.892. The van der Waals surface area contributed by atoms with E-state index in [0.29, 0.717) is 19.3 Å². The lowest BCUT2D eigenvalue weighted by molar-refractivity contribution is 0.171. The first-order valence-corrected chi connectivity index (χ1v) is 7.62. The lowest BCUT2D eigenvalue weighted by Crippen LogP contribution is -2.24. The van der Waals surface area contributed by atoms with Crippen molar-refractivity contribution in [1.29, 1.82) is 0 Å². The molecule has 4 rings (SSSR count). The highest BCUT2D eigenvalue weighted by molar-refractivity contribution is 5.62.